The van der Waals surface area contributed by atoms with E-state index >= 15 is 0 Å². The van der Waals surface area contributed by atoms with Gasteiger partial charge in [-0.25, -0.2) is 9.80 Å². The summed E-state index contributed by atoms with van der Waals surface area (Å²) >= 11 is 7.76. The fraction of sp³-hybridized carbons (Fsp3) is 0.240. The van der Waals surface area contributed by atoms with Gasteiger partial charge in [-0.05, 0) is 36.8 Å². The number of allylic oxidation sites excluding steroid dienone is 2. The van der Waals surface area contributed by atoms with E-state index in [1.54, 1.807) is 18.0 Å². The van der Waals surface area contributed by atoms with E-state index in [0.717, 1.165) is 16.9 Å². The molecule has 2 aromatic carbocycles. The van der Waals surface area contributed by atoms with Gasteiger partial charge in [-0.1, -0.05) is 52.8 Å². The van der Waals surface area contributed by atoms with Crippen LogP contribution in [0.2, 0.25) is 5.02 Å². The molecule has 0 aliphatic carbocycles. The summed E-state index contributed by atoms with van der Waals surface area (Å²) in [6.45, 7) is 2.27. The Morgan fingerprint density at radius 1 is 1.20 bits per heavy atom. The van der Waals surface area contributed by atoms with Crippen LogP contribution in [0.1, 0.15) is 24.5 Å². The molecule has 0 spiro atoms. The Labute approximate surface area is 213 Å². The van der Waals surface area contributed by atoms with Gasteiger partial charge in [0, 0.05) is 33.8 Å². The summed E-state index contributed by atoms with van der Waals surface area (Å²) in [7, 11) is 2.81. The van der Waals surface area contributed by atoms with Crippen molar-refractivity contribution in [3.8, 4) is 0 Å². The fourth-order valence-electron chi connectivity index (χ4n) is 3.73. The lowest BCUT2D eigenvalue weighted by Crippen LogP contribution is -2.33. The van der Waals surface area contributed by atoms with Crippen molar-refractivity contribution in [2.45, 2.75) is 25.4 Å². The van der Waals surface area contributed by atoms with Crippen LogP contribution < -0.4 is 4.90 Å². The summed E-state index contributed by atoms with van der Waals surface area (Å²) < 4.78 is 9.93. The van der Waals surface area contributed by atoms with Crippen LogP contribution in [0, 0.1) is 0 Å². The first-order valence-corrected chi connectivity index (χ1v) is 12.1. The molecule has 0 saturated carbocycles. The first-order valence-electron chi connectivity index (χ1n) is 10.8. The first-order chi connectivity index (χ1) is 17.0. The monoisotopic (exact) mass is 512 g/mol. The highest BCUT2D eigenvalue weighted by atomic mass is 35.5. The lowest BCUT2D eigenvalue weighted by molar-refractivity contribution is -0.133. The smallest absolute Gasteiger partial charge is 0.341 e. The quantitative estimate of drug-likeness (QED) is 0.146. The van der Waals surface area contributed by atoms with Gasteiger partial charge in [-0.3, -0.25) is 4.90 Å². The topological polar surface area (TPSA) is 76.0 Å². The number of ether oxygens (including phenoxy) is 2. The van der Waals surface area contributed by atoms with Gasteiger partial charge < -0.3 is 14.3 Å². The predicted molar refractivity (Wildman–Crippen MR) is 140 cm³/mol. The summed E-state index contributed by atoms with van der Waals surface area (Å²) in [4.78, 5) is 21.0. The molecule has 1 unspecified atom stereocenters. The third kappa shape index (κ3) is 5.47. The van der Waals surface area contributed by atoms with Gasteiger partial charge >= 0.3 is 5.97 Å². The second-order valence-corrected chi connectivity index (χ2v) is 9.29. The largest absolute Gasteiger partial charge is 0.503 e. The SMILES string of the molecule is CO/C=C(/C(=O)OC)c1ccccc1CON=CCC1=C(C)SC2N1N=CN2c1ccc(Cl)cc1. The molecule has 0 fully saturated rings. The van der Waals surface area contributed by atoms with Crippen molar-refractivity contribution >= 4 is 53.1 Å². The number of carbonyl (C=O) groups is 1. The van der Waals surface area contributed by atoms with Crippen molar-refractivity contribution in [2.75, 3.05) is 19.1 Å². The van der Waals surface area contributed by atoms with E-state index in [4.69, 9.17) is 25.9 Å². The third-order valence-electron chi connectivity index (χ3n) is 5.44. The summed E-state index contributed by atoms with van der Waals surface area (Å²) in [5.41, 5.74) is 3.88. The number of halogens is 1. The fourth-order valence-corrected chi connectivity index (χ4v) is 5.05. The van der Waals surface area contributed by atoms with Crippen LogP contribution in [0.25, 0.3) is 5.57 Å². The summed E-state index contributed by atoms with van der Waals surface area (Å²) in [6.07, 6.45) is 5.47. The highest BCUT2D eigenvalue weighted by Gasteiger charge is 2.38. The third-order valence-corrected chi connectivity index (χ3v) is 6.92. The molecule has 182 valence electrons. The van der Waals surface area contributed by atoms with Crippen molar-refractivity contribution in [2.24, 2.45) is 10.3 Å². The minimum atomic E-state index is -0.489. The molecular weight excluding hydrogens is 488 g/mol. The van der Waals surface area contributed by atoms with Crippen LogP contribution in [-0.2, 0) is 25.7 Å². The van der Waals surface area contributed by atoms with E-state index in [2.05, 4.69) is 22.1 Å². The van der Waals surface area contributed by atoms with Crippen LogP contribution >= 0.6 is 23.4 Å². The van der Waals surface area contributed by atoms with Gasteiger partial charge in [0.1, 0.15) is 18.5 Å². The lowest BCUT2D eigenvalue weighted by Gasteiger charge is -2.25. The van der Waals surface area contributed by atoms with Crippen LogP contribution in [0.3, 0.4) is 0 Å². The summed E-state index contributed by atoms with van der Waals surface area (Å²) in [5, 5.41) is 11.4. The molecule has 0 radical (unpaired) electrons. The zero-order valence-corrected chi connectivity index (χ0v) is 21.1. The molecule has 2 aliphatic rings. The van der Waals surface area contributed by atoms with Crippen molar-refractivity contribution in [3.05, 3.63) is 81.5 Å². The van der Waals surface area contributed by atoms with Gasteiger partial charge in [0.2, 0.25) is 0 Å². The number of rotatable bonds is 9. The Balaban J connectivity index is 1.36. The molecule has 10 heteroatoms. The van der Waals surface area contributed by atoms with E-state index in [1.807, 2.05) is 59.9 Å². The molecule has 4 rings (SSSR count). The number of esters is 1. The van der Waals surface area contributed by atoms with Crippen LogP contribution in [-0.4, -0.2) is 43.2 Å². The molecule has 8 nitrogen and oxygen atoms in total. The Bertz CT molecular complexity index is 1200. The second kappa shape index (κ2) is 11.3. The standard InChI is InChI=1S/C25H25ClN4O4S/c1-17-23(30-25(35-17)29(16-27-30)20-10-8-19(26)9-11-20)12-13-28-34-14-18-6-4-5-7-21(18)22(15-32-2)24(31)33-3/h4-11,13,15-16,25H,12,14H2,1-3H3/b22-15+,28-13?. The van der Waals surface area contributed by atoms with Gasteiger partial charge in [0.15, 0.2) is 5.50 Å². The number of thioether (sulfide) groups is 1. The molecule has 1 atom stereocenters. The van der Waals surface area contributed by atoms with Gasteiger partial charge in [-0.15, -0.1) is 0 Å². The number of benzene rings is 2. The minimum Gasteiger partial charge on any atom is -0.503 e. The average molecular weight is 513 g/mol. The number of nitrogens with zero attached hydrogens (tertiary/aromatic N) is 4. The number of fused-ring (bicyclic) bond motifs is 1. The molecule has 0 amide bonds. The maximum atomic E-state index is 12.2. The molecule has 0 bridgehead atoms. The van der Waals surface area contributed by atoms with E-state index in [0.29, 0.717) is 22.6 Å². The molecular formula is C25H25ClN4O4S. The highest BCUT2D eigenvalue weighted by molar-refractivity contribution is 8.04. The Morgan fingerprint density at radius 2 is 1.97 bits per heavy atom. The van der Waals surface area contributed by atoms with Crippen molar-refractivity contribution in [1.29, 1.82) is 0 Å². The number of carbonyl (C=O) groups excluding carboxylic acids is 1. The zero-order valence-electron chi connectivity index (χ0n) is 19.6. The van der Waals surface area contributed by atoms with Crippen molar-refractivity contribution in [3.63, 3.8) is 0 Å². The maximum Gasteiger partial charge on any atom is 0.341 e. The summed E-state index contributed by atoms with van der Waals surface area (Å²) in [5.74, 6) is -0.489. The van der Waals surface area contributed by atoms with Gasteiger partial charge in [0.25, 0.3) is 0 Å². The normalized spacial score (nSPS) is 17.4. The number of anilines is 1. The van der Waals surface area contributed by atoms with Crippen LogP contribution in [0.15, 0.2) is 75.7 Å². The molecule has 0 N–H and O–H groups in total. The molecule has 35 heavy (non-hydrogen) atoms. The number of methoxy groups -OCH3 is 2. The summed E-state index contributed by atoms with van der Waals surface area (Å²) in [6, 6.07) is 15.1. The second-order valence-electron chi connectivity index (χ2n) is 7.59. The average Bonchev–Trinajstić information content (AvgIpc) is 3.41. The Hall–Kier alpha value is -3.43. The van der Waals surface area contributed by atoms with Gasteiger partial charge in [0.05, 0.1) is 26.2 Å². The maximum absolute atomic E-state index is 12.2. The van der Waals surface area contributed by atoms with E-state index in [-0.39, 0.29) is 12.1 Å². The van der Waals surface area contributed by atoms with E-state index in [1.165, 1.54) is 25.4 Å². The number of hydrogen-bond acceptors (Lipinski definition) is 9. The van der Waals surface area contributed by atoms with Gasteiger partial charge in [-0.2, -0.15) is 5.10 Å². The number of hydrogen-bond donors (Lipinski definition) is 0. The molecule has 2 aliphatic heterocycles. The van der Waals surface area contributed by atoms with E-state index in [9.17, 15) is 4.79 Å². The molecule has 0 aromatic heterocycles. The molecule has 2 aromatic rings. The Morgan fingerprint density at radius 3 is 2.71 bits per heavy atom. The van der Waals surface area contributed by atoms with Crippen molar-refractivity contribution < 1.29 is 19.1 Å². The number of oxime groups is 1. The molecule has 2 heterocycles. The number of hydrazone groups is 1. The Kier molecular flexibility index (Phi) is 7.99. The van der Waals surface area contributed by atoms with Crippen LogP contribution in [0.4, 0.5) is 5.69 Å². The highest BCUT2D eigenvalue weighted by Crippen LogP contribution is 2.44. The zero-order chi connectivity index (χ0) is 24.8. The minimum absolute atomic E-state index is 0.0247. The molecule has 0 saturated heterocycles. The predicted octanol–water partition coefficient (Wildman–Crippen LogP) is 5.42. The van der Waals surface area contributed by atoms with Crippen molar-refractivity contribution in [1.82, 2.24) is 5.01 Å². The lowest BCUT2D eigenvalue weighted by atomic mass is 10.0. The van der Waals surface area contributed by atoms with Crippen LogP contribution in [0.5, 0.6) is 0 Å². The first kappa shape index (κ1) is 24.7. The van der Waals surface area contributed by atoms with E-state index < -0.39 is 5.97 Å².